The highest BCUT2D eigenvalue weighted by Gasteiger charge is 2.17. The molecule has 0 atom stereocenters. The van der Waals surface area contributed by atoms with E-state index < -0.39 is 15.8 Å². The van der Waals surface area contributed by atoms with Crippen LogP contribution >= 0.6 is 0 Å². The number of aliphatic hydroxyl groups is 1. The number of sulfonamides is 1. The highest BCUT2D eigenvalue weighted by Crippen LogP contribution is 2.23. The number of aryl methyl sites for hydroxylation is 1. The topological polar surface area (TPSA) is 92.4 Å². The van der Waals surface area contributed by atoms with Gasteiger partial charge in [-0.05, 0) is 42.3 Å². The van der Waals surface area contributed by atoms with Gasteiger partial charge in [-0.25, -0.2) is 12.8 Å². The number of halogens is 1. The summed E-state index contributed by atoms with van der Waals surface area (Å²) in [4.78, 5) is -0.106. The summed E-state index contributed by atoms with van der Waals surface area (Å²) < 4.78 is 40.3. The monoisotopic (exact) mass is 310 g/mol. The summed E-state index contributed by atoms with van der Waals surface area (Å²) in [5.74, 6) is -0.624. The van der Waals surface area contributed by atoms with Crippen LogP contribution in [0.25, 0.3) is 0 Å². The predicted molar refractivity (Wildman–Crippen MR) is 78.7 cm³/mol. The van der Waals surface area contributed by atoms with Crippen molar-refractivity contribution in [3.05, 3.63) is 53.3 Å². The van der Waals surface area contributed by atoms with E-state index in [2.05, 4.69) is 4.72 Å². The second-order valence-electron chi connectivity index (χ2n) is 4.60. The van der Waals surface area contributed by atoms with E-state index >= 15 is 0 Å². The zero-order chi connectivity index (χ0) is 15.6. The number of nitrogen functional groups attached to an aromatic ring is 1. The van der Waals surface area contributed by atoms with Gasteiger partial charge in [0.05, 0.1) is 17.2 Å². The normalized spacial score (nSPS) is 11.4. The first-order valence-electron chi connectivity index (χ1n) is 6.12. The van der Waals surface area contributed by atoms with Gasteiger partial charge in [0.25, 0.3) is 10.0 Å². The Balaban J connectivity index is 2.33. The highest BCUT2D eigenvalue weighted by molar-refractivity contribution is 7.92. The van der Waals surface area contributed by atoms with Gasteiger partial charge in [-0.2, -0.15) is 0 Å². The lowest BCUT2D eigenvalue weighted by molar-refractivity contribution is 0.282. The SMILES string of the molecule is Cc1cc(S(=O)(=O)Nc2ccc(CO)cc2)cc(N)c1F. The second-order valence-corrected chi connectivity index (χ2v) is 6.29. The number of rotatable bonds is 4. The maximum Gasteiger partial charge on any atom is 0.261 e. The largest absolute Gasteiger partial charge is 0.396 e. The molecular formula is C14H15FN2O3S. The van der Waals surface area contributed by atoms with Crippen molar-refractivity contribution in [1.29, 1.82) is 0 Å². The van der Waals surface area contributed by atoms with Gasteiger partial charge >= 0.3 is 0 Å². The third-order valence-electron chi connectivity index (χ3n) is 2.96. The average Bonchev–Trinajstić information content (AvgIpc) is 2.44. The van der Waals surface area contributed by atoms with Crippen molar-refractivity contribution in [1.82, 2.24) is 0 Å². The van der Waals surface area contributed by atoms with E-state index in [-0.39, 0.29) is 22.8 Å². The molecule has 2 rings (SSSR count). The van der Waals surface area contributed by atoms with Crippen LogP contribution in [0.3, 0.4) is 0 Å². The van der Waals surface area contributed by atoms with Crippen molar-refractivity contribution in [2.45, 2.75) is 18.4 Å². The summed E-state index contributed by atoms with van der Waals surface area (Å²) in [6.07, 6.45) is 0. The molecule has 0 unspecified atom stereocenters. The summed E-state index contributed by atoms with van der Waals surface area (Å²) in [6.45, 7) is 1.32. The maximum absolute atomic E-state index is 13.4. The Morgan fingerprint density at radius 3 is 2.38 bits per heavy atom. The summed E-state index contributed by atoms with van der Waals surface area (Å²) in [5.41, 5.74) is 6.40. The molecule has 7 heteroatoms. The van der Waals surface area contributed by atoms with Gasteiger partial charge in [0.2, 0.25) is 0 Å². The van der Waals surface area contributed by atoms with E-state index in [0.717, 1.165) is 6.07 Å². The summed E-state index contributed by atoms with van der Waals surface area (Å²) in [7, 11) is -3.85. The molecule has 2 aromatic rings. The molecule has 0 aliphatic carbocycles. The van der Waals surface area contributed by atoms with Crippen LogP contribution in [0.15, 0.2) is 41.3 Å². The third kappa shape index (κ3) is 3.32. The first-order valence-corrected chi connectivity index (χ1v) is 7.60. The third-order valence-corrected chi connectivity index (χ3v) is 4.32. The Labute approximate surface area is 122 Å². The van der Waals surface area contributed by atoms with E-state index in [1.807, 2.05) is 0 Å². The second kappa shape index (κ2) is 5.71. The molecule has 0 saturated carbocycles. The molecule has 0 bridgehead atoms. The van der Waals surface area contributed by atoms with Crippen molar-refractivity contribution in [2.75, 3.05) is 10.5 Å². The Kier molecular flexibility index (Phi) is 4.15. The van der Waals surface area contributed by atoms with E-state index in [1.54, 1.807) is 12.1 Å². The first-order chi connectivity index (χ1) is 9.83. The fourth-order valence-corrected chi connectivity index (χ4v) is 2.99. The number of nitrogens with one attached hydrogen (secondary N) is 1. The number of nitrogens with two attached hydrogens (primary N) is 1. The smallest absolute Gasteiger partial charge is 0.261 e. The van der Waals surface area contributed by atoms with E-state index in [1.165, 1.54) is 25.1 Å². The Bertz CT molecular complexity index is 735. The van der Waals surface area contributed by atoms with Crippen molar-refractivity contribution < 1.29 is 17.9 Å². The van der Waals surface area contributed by atoms with Gasteiger partial charge in [-0.3, -0.25) is 4.72 Å². The van der Waals surface area contributed by atoms with Gasteiger partial charge in [0.15, 0.2) is 0 Å². The van der Waals surface area contributed by atoms with Gasteiger partial charge < -0.3 is 10.8 Å². The summed E-state index contributed by atoms with van der Waals surface area (Å²) in [5, 5.41) is 8.94. The zero-order valence-electron chi connectivity index (χ0n) is 11.3. The molecule has 0 aromatic heterocycles. The van der Waals surface area contributed by atoms with Crippen molar-refractivity contribution in [2.24, 2.45) is 0 Å². The Morgan fingerprint density at radius 1 is 1.24 bits per heavy atom. The van der Waals surface area contributed by atoms with Crippen molar-refractivity contribution in [3.63, 3.8) is 0 Å². The first kappa shape index (κ1) is 15.3. The van der Waals surface area contributed by atoms with Gasteiger partial charge in [0.1, 0.15) is 5.82 Å². The molecule has 112 valence electrons. The van der Waals surface area contributed by atoms with Crippen LogP contribution in [0.2, 0.25) is 0 Å². The van der Waals surface area contributed by atoms with E-state index in [0.29, 0.717) is 11.3 Å². The highest BCUT2D eigenvalue weighted by atomic mass is 32.2. The number of hydrogen-bond donors (Lipinski definition) is 3. The summed E-state index contributed by atoms with van der Waals surface area (Å²) in [6, 6.07) is 8.55. The lowest BCUT2D eigenvalue weighted by Crippen LogP contribution is -2.14. The van der Waals surface area contributed by atoms with Crippen LogP contribution in [0.5, 0.6) is 0 Å². The number of anilines is 2. The molecule has 0 fully saturated rings. The molecule has 2 aromatic carbocycles. The van der Waals surface area contributed by atoms with Crippen LogP contribution in [0.4, 0.5) is 15.8 Å². The fraction of sp³-hybridized carbons (Fsp3) is 0.143. The summed E-state index contributed by atoms with van der Waals surface area (Å²) >= 11 is 0. The van der Waals surface area contributed by atoms with Crippen LogP contribution in [-0.4, -0.2) is 13.5 Å². The molecule has 0 spiro atoms. The molecule has 0 heterocycles. The molecule has 0 aliphatic heterocycles. The lowest BCUT2D eigenvalue weighted by atomic mass is 10.2. The van der Waals surface area contributed by atoms with Crippen molar-refractivity contribution in [3.8, 4) is 0 Å². The molecule has 4 N–H and O–H groups in total. The van der Waals surface area contributed by atoms with Gasteiger partial charge in [-0.15, -0.1) is 0 Å². The Hall–Kier alpha value is -2.12. The predicted octanol–water partition coefficient (Wildman–Crippen LogP) is 2.01. The Morgan fingerprint density at radius 2 is 1.86 bits per heavy atom. The number of benzene rings is 2. The molecular weight excluding hydrogens is 295 g/mol. The molecule has 0 saturated heterocycles. The molecule has 0 radical (unpaired) electrons. The van der Waals surface area contributed by atoms with Crippen LogP contribution in [0, 0.1) is 12.7 Å². The minimum Gasteiger partial charge on any atom is -0.396 e. The van der Waals surface area contributed by atoms with Crippen LogP contribution < -0.4 is 10.5 Å². The number of aliphatic hydroxyl groups excluding tert-OH is 1. The fourth-order valence-electron chi connectivity index (χ4n) is 1.81. The quantitative estimate of drug-likeness (QED) is 0.753. The molecule has 21 heavy (non-hydrogen) atoms. The van der Waals surface area contributed by atoms with E-state index in [4.69, 9.17) is 10.8 Å². The average molecular weight is 310 g/mol. The lowest BCUT2D eigenvalue weighted by Gasteiger charge is -2.10. The molecule has 0 aliphatic rings. The van der Waals surface area contributed by atoms with Crippen LogP contribution in [0.1, 0.15) is 11.1 Å². The molecule has 5 nitrogen and oxygen atoms in total. The number of hydrogen-bond acceptors (Lipinski definition) is 4. The van der Waals surface area contributed by atoms with Gasteiger partial charge in [-0.1, -0.05) is 12.1 Å². The molecule has 0 amide bonds. The van der Waals surface area contributed by atoms with Crippen molar-refractivity contribution >= 4 is 21.4 Å². The maximum atomic E-state index is 13.4. The minimum absolute atomic E-state index is 0.106. The minimum atomic E-state index is -3.85. The van der Waals surface area contributed by atoms with E-state index in [9.17, 15) is 12.8 Å². The standard InChI is InChI=1S/C14H15FN2O3S/c1-9-6-12(7-13(16)14(9)15)21(19,20)17-11-4-2-10(8-18)3-5-11/h2-7,17-18H,8,16H2,1H3. The van der Waals surface area contributed by atoms with Crippen LogP contribution in [-0.2, 0) is 16.6 Å². The zero-order valence-corrected chi connectivity index (χ0v) is 12.1. The van der Waals surface area contributed by atoms with Gasteiger partial charge in [0, 0.05) is 5.69 Å².